The van der Waals surface area contributed by atoms with Crippen molar-refractivity contribution >= 4 is 21.6 Å². The molecule has 30 heavy (non-hydrogen) atoms. The molecular formula is C20H17N5O4S. The summed E-state index contributed by atoms with van der Waals surface area (Å²) >= 11 is 0. The van der Waals surface area contributed by atoms with E-state index < -0.39 is 15.9 Å². The predicted molar refractivity (Wildman–Crippen MR) is 108 cm³/mol. The van der Waals surface area contributed by atoms with Gasteiger partial charge in [0.25, 0.3) is 5.91 Å². The highest BCUT2D eigenvalue weighted by molar-refractivity contribution is 7.89. The standard InChI is InChI=1S/C20H17N5O4S/c26-20(19-14-21-25(24-19)16-7-2-1-3-8-16)23-15-6-4-10-18(12-15)30(27,28)22-13-17-9-5-11-29-17/h1-12,14,22H,13H2,(H,23,26). The quantitative estimate of drug-likeness (QED) is 0.472. The van der Waals surface area contributed by atoms with Crippen LogP contribution in [0.4, 0.5) is 5.69 Å². The van der Waals surface area contributed by atoms with E-state index in [1.165, 1.54) is 35.5 Å². The number of nitrogens with zero attached hydrogens (tertiary/aromatic N) is 3. The Labute approximate surface area is 172 Å². The van der Waals surface area contributed by atoms with Crippen LogP contribution in [0.1, 0.15) is 16.2 Å². The van der Waals surface area contributed by atoms with E-state index in [1.807, 2.05) is 30.3 Å². The van der Waals surface area contributed by atoms with Crippen LogP contribution in [-0.4, -0.2) is 29.3 Å². The number of sulfonamides is 1. The molecule has 0 aliphatic rings. The number of para-hydroxylation sites is 1. The minimum Gasteiger partial charge on any atom is -0.468 e. The first-order valence-electron chi connectivity index (χ1n) is 8.92. The molecule has 2 aromatic carbocycles. The van der Waals surface area contributed by atoms with Crippen molar-refractivity contribution < 1.29 is 17.6 Å². The molecule has 2 aromatic heterocycles. The first-order chi connectivity index (χ1) is 14.5. The van der Waals surface area contributed by atoms with Crippen molar-refractivity contribution in [1.82, 2.24) is 19.7 Å². The molecule has 0 saturated carbocycles. The highest BCUT2D eigenvalue weighted by Gasteiger charge is 2.17. The van der Waals surface area contributed by atoms with Crippen LogP contribution < -0.4 is 10.0 Å². The summed E-state index contributed by atoms with van der Waals surface area (Å²) < 4.78 is 32.6. The highest BCUT2D eigenvalue weighted by atomic mass is 32.2. The van der Waals surface area contributed by atoms with Gasteiger partial charge >= 0.3 is 0 Å². The minimum atomic E-state index is -3.78. The Morgan fingerprint density at radius 3 is 2.63 bits per heavy atom. The van der Waals surface area contributed by atoms with Gasteiger partial charge in [0.15, 0.2) is 5.69 Å². The molecule has 0 radical (unpaired) electrons. The molecule has 0 atom stereocenters. The fourth-order valence-electron chi connectivity index (χ4n) is 2.65. The average molecular weight is 423 g/mol. The van der Waals surface area contributed by atoms with E-state index in [9.17, 15) is 13.2 Å². The maximum Gasteiger partial charge on any atom is 0.277 e. The van der Waals surface area contributed by atoms with Crippen LogP contribution in [0.25, 0.3) is 5.69 Å². The van der Waals surface area contributed by atoms with E-state index in [1.54, 1.807) is 18.2 Å². The van der Waals surface area contributed by atoms with Gasteiger partial charge in [-0.05, 0) is 42.5 Å². The molecular weight excluding hydrogens is 406 g/mol. The number of anilines is 1. The Bertz CT molecular complexity index is 1250. The Kier molecular flexibility index (Phi) is 5.42. The summed E-state index contributed by atoms with van der Waals surface area (Å²) in [6.45, 7) is 0.0223. The van der Waals surface area contributed by atoms with Crippen molar-refractivity contribution in [2.75, 3.05) is 5.32 Å². The van der Waals surface area contributed by atoms with Crippen molar-refractivity contribution in [3.8, 4) is 5.69 Å². The first kappa shape index (κ1) is 19.6. The van der Waals surface area contributed by atoms with E-state index in [2.05, 4.69) is 20.2 Å². The molecule has 10 heteroatoms. The van der Waals surface area contributed by atoms with Crippen LogP contribution >= 0.6 is 0 Å². The summed E-state index contributed by atoms with van der Waals surface area (Å²) in [4.78, 5) is 13.9. The fraction of sp³-hybridized carbons (Fsp3) is 0.0500. The summed E-state index contributed by atoms with van der Waals surface area (Å²) in [5.74, 6) is -0.0141. The third-order valence-corrected chi connectivity index (χ3v) is 5.53. The number of rotatable bonds is 7. The Morgan fingerprint density at radius 1 is 1.03 bits per heavy atom. The molecule has 9 nitrogen and oxygen atoms in total. The van der Waals surface area contributed by atoms with Gasteiger partial charge < -0.3 is 9.73 Å². The molecule has 0 saturated heterocycles. The number of carbonyl (C=O) groups excluding carboxylic acids is 1. The molecule has 0 spiro atoms. The third-order valence-electron chi connectivity index (χ3n) is 4.13. The molecule has 4 aromatic rings. The van der Waals surface area contributed by atoms with Crippen LogP contribution in [-0.2, 0) is 16.6 Å². The van der Waals surface area contributed by atoms with E-state index in [0.717, 1.165) is 0 Å². The van der Waals surface area contributed by atoms with Crippen molar-refractivity contribution in [3.05, 3.63) is 90.6 Å². The topological polar surface area (TPSA) is 119 Å². The number of hydrogen-bond donors (Lipinski definition) is 2. The summed E-state index contributed by atoms with van der Waals surface area (Å²) in [6.07, 6.45) is 2.81. The second-order valence-corrected chi connectivity index (χ2v) is 8.01. The number of carbonyl (C=O) groups is 1. The predicted octanol–water partition coefficient (Wildman–Crippen LogP) is 2.59. The summed E-state index contributed by atoms with van der Waals surface area (Å²) in [7, 11) is -3.78. The largest absolute Gasteiger partial charge is 0.468 e. The molecule has 0 bridgehead atoms. The molecule has 0 unspecified atom stereocenters. The maximum absolute atomic E-state index is 12.5. The van der Waals surface area contributed by atoms with Gasteiger partial charge in [0, 0.05) is 5.69 Å². The number of hydrogen-bond acceptors (Lipinski definition) is 6. The lowest BCUT2D eigenvalue weighted by Crippen LogP contribution is -2.23. The zero-order chi connectivity index (χ0) is 21.0. The second kappa shape index (κ2) is 8.31. The molecule has 2 heterocycles. The highest BCUT2D eigenvalue weighted by Crippen LogP contribution is 2.17. The zero-order valence-electron chi connectivity index (χ0n) is 15.6. The van der Waals surface area contributed by atoms with E-state index in [0.29, 0.717) is 17.1 Å². The van der Waals surface area contributed by atoms with E-state index >= 15 is 0 Å². The monoisotopic (exact) mass is 423 g/mol. The zero-order valence-corrected chi connectivity index (χ0v) is 16.4. The van der Waals surface area contributed by atoms with Gasteiger partial charge in [0.05, 0.1) is 29.6 Å². The molecule has 152 valence electrons. The van der Waals surface area contributed by atoms with Crippen molar-refractivity contribution in [3.63, 3.8) is 0 Å². The van der Waals surface area contributed by atoms with Gasteiger partial charge in [-0.3, -0.25) is 4.79 Å². The minimum absolute atomic E-state index is 0.0137. The lowest BCUT2D eigenvalue weighted by Gasteiger charge is -2.08. The third kappa shape index (κ3) is 4.45. The Morgan fingerprint density at radius 2 is 1.87 bits per heavy atom. The lowest BCUT2D eigenvalue weighted by molar-refractivity contribution is 0.102. The first-order valence-corrected chi connectivity index (χ1v) is 10.4. The normalized spacial score (nSPS) is 11.3. The summed E-state index contributed by atoms with van der Waals surface area (Å²) in [5.41, 5.74) is 1.13. The van der Waals surface area contributed by atoms with Crippen LogP contribution in [0.15, 0.2) is 88.5 Å². The van der Waals surface area contributed by atoms with Gasteiger partial charge in [0.2, 0.25) is 10.0 Å². The lowest BCUT2D eigenvalue weighted by atomic mass is 10.3. The fourth-order valence-corrected chi connectivity index (χ4v) is 3.69. The average Bonchev–Trinajstić information content (AvgIpc) is 3.45. The molecule has 0 aliphatic carbocycles. The Balaban J connectivity index is 1.46. The number of furan rings is 1. The van der Waals surface area contributed by atoms with E-state index in [4.69, 9.17) is 4.42 Å². The van der Waals surface area contributed by atoms with Gasteiger partial charge in [-0.15, -0.1) is 5.10 Å². The molecule has 2 N–H and O–H groups in total. The van der Waals surface area contributed by atoms with Crippen molar-refractivity contribution in [2.45, 2.75) is 11.4 Å². The van der Waals surface area contributed by atoms with Crippen LogP contribution in [0.2, 0.25) is 0 Å². The SMILES string of the molecule is O=C(Nc1cccc(S(=O)(=O)NCc2ccco2)c1)c1cnn(-c2ccccc2)n1. The smallest absolute Gasteiger partial charge is 0.277 e. The Hall–Kier alpha value is -3.76. The number of nitrogens with one attached hydrogen (secondary N) is 2. The summed E-state index contributed by atoms with van der Waals surface area (Å²) in [5, 5.41) is 10.9. The molecule has 0 fully saturated rings. The maximum atomic E-state index is 12.5. The van der Waals surface area contributed by atoms with Crippen molar-refractivity contribution in [2.24, 2.45) is 0 Å². The van der Waals surface area contributed by atoms with Gasteiger partial charge in [0.1, 0.15) is 5.76 Å². The van der Waals surface area contributed by atoms with Gasteiger partial charge in [-0.2, -0.15) is 9.90 Å². The number of benzene rings is 2. The number of amides is 1. The number of aromatic nitrogens is 3. The van der Waals surface area contributed by atoms with Crippen LogP contribution in [0.3, 0.4) is 0 Å². The molecule has 0 aliphatic heterocycles. The van der Waals surface area contributed by atoms with Gasteiger partial charge in [-0.1, -0.05) is 24.3 Å². The van der Waals surface area contributed by atoms with Gasteiger partial charge in [-0.25, -0.2) is 13.1 Å². The molecule has 4 rings (SSSR count). The van der Waals surface area contributed by atoms with E-state index in [-0.39, 0.29) is 17.1 Å². The molecule has 1 amide bonds. The van der Waals surface area contributed by atoms with Crippen LogP contribution in [0.5, 0.6) is 0 Å². The summed E-state index contributed by atoms with van der Waals surface area (Å²) in [6, 6.07) is 18.4. The van der Waals surface area contributed by atoms with Crippen molar-refractivity contribution in [1.29, 1.82) is 0 Å². The second-order valence-electron chi connectivity index (χ2n) is 6.24. The van der Waals surface area contributed by atoms with Crippen LogP contribution in [0, 0.1) is 0 Å².